The van der Waals surface area contributed by atoms with E-state index in [9.17, 15) is 0 Å². The van der Waals surface area contributed by atoms with Gasteiger partial charge in [0.05, 0.1) is 0 Å². The van der Waals surface area contributed by atoms with Crippen molar-refractivity contribution < 1.29 is 0 Å². The molecule has 0 saturated carbocycles. The van der Waals surface area contributed by atoms with E-state index in [4.69, 9.17) is 12.2 Å². The Bertz CT molecular complexity index is 416. The SMILES string of the molecule is CN1CCC(NC(=S)Nc2cccc(Br)c2)CC1. The monoisotopic (exact) mass is 327 g/mol. The molecule has 1 aromatic rings. The summed E-state index contributed by atoms with van der Waals surface area (Å²) in [6.45, 7) is 2.27. The van der Waals surface area contributed by atoms with Gasteiger partial charge in [0.15, 0.2) is 5.11 Å². The Labute approximate surface area is 122 Å². The molecule has 0 atom stereocenters. The summed E-state index contributed by atoms with van der Waals surface area (Å²) in [5, 5.41) is 7.31. The first-order chi connectivity index (χ1) is 8.63. The van der Waals surface area contributed by atoms with Crippen molar-refractivity contribution in [1.82, 2.24) is 10.2 Å². The zero-order valence-corrected chi connectivity index (χ0v) is 12.9. The van der Waals surface area contributed by atoms with Crippen LogP contribution in [0.25, 0.3) is 0 Å². The number of thiocarbonyl (C=S) groups is 1. The van der Waals surface area contributed by atoms with Crippen LogP contribution in [0.4, 0.5) is 5.69 Å². The maximum Gasteiger partial charge on any atom is 0.170 e. The molecule has 0 spiro atoms. The Morgan fingerprint density at radius 1 is 1.39 bits per heavy atom. The van der Waals surface area contributed by atoms with E-state index in [0.717, 1.165) is 36.1 Å². The summed E-state index contributed by atoms with van der Waals surface area (Å²) in [5.74, 6) is 0. The molecule has 0 unspecified atom stereocenters. The van der Waals surface area contributed by atoms with Gasteiger partial charge in [-0.25, -0.2) is 0 Å². The maximum absolute atomic E-state index is 5.34. The summed E-state index contributed by atoms with van der Waals surface area (Å²) in [6, 6.07) is 8.51. The molecule has 1 aromatic carbocycles. The minimum absolute atomic E-state index is 0.494. The van der Waals surface area contributed by atoms with Crippen LogP contribution in [0.5, 0.6) is 0 Å². The average molecular weight is 328 g/mol. The smallest absolute Gasteiger partial charge is 0.170 e. The zero-order chi connectivity index (χ0) is 13.0. The van der Waals surface area contributed by atoms with E-state index in [1.54, 1.807) is 0 Å². The Balaban J connectivity index is 1.82. The standard InChI is InChI=1S/C13H18BrN3S/c1-17-7-5-11(6-8-17)15-13(18)16-12-4-2-3-10(14)9-12/h2-4,9,11H,5-8H2,1H3,(H2,15,16,18). The molecule has 0 amide bonds. The van der Waals surface area contributed by atoms with Crippen LogP contribution in [0.2, 0.25) is 0 Å². The summed E-state index contributed by atoms with van der Waals surface area (Å²) in [4.78, 5) is 2.35. The second-order valence-electron chi connectivity index (χ2n) is 4.69. The third kappa shape index (κ3) is 4.23. The van der Waals surface area contributed by atoms with E-state index in [1.807, 2.05) is 24.3 Å². The number of hydrogen-bond acceptors (Lipinski definition) is 2. The first kappa shape index (κ1) is 13.8. The summed E-state index contributed by atoms with van der Waals surface area (Å²) >= 11 is 8.79. The molecule has 1 aliphatic rings. The van der Waals surface area contributed by atoms with Crippen molar-refractivity contribution in [2.45, 2.75) is 18.9 Å². The van der Waals surface area contributed by atoms with Crippen molar-refractivity contribution in [3.63, 3.8) is 0 Å². The van der Waals surface area contributed by atoms with Crippen LogP contribution in [0.1, 0.15) is 12.8 Å². The molecule has 0 bridgehead atoms. The number of likely N-dealkylation sites (tertiary alicyclic amines) is 1. The molecule has 1 fully saturated rings. The van der Waals surface area contributed by atoms with Crippen LogP contribution in [0, 0.1) is 0 Å². The van der Waals surface area contributed by atoms with Crippen molar-refractivity contribution >= 4 is 38.9 Å². The van der Waals surface area contributed by atoms with Gasteiger partial charge in [0.1, 0.15) is 0 Å². The Morgan fingerprint density at radius 2 is 2.11 bits per heavy atom. The van der Waals surface area contributed by atoms with Gasteiger partial charge < -0.3 is 15.5 Å². The van der Waals surface area contributed by atoms with E-state index in [0.29, 0.717) is 11.2 Å². The molecule has 0 aromatic heterocycles. The highest BCUT2D eigenvalue weighted by Crippen LogP contribution is 2.16. The first-order valence-electron chi connectivity index (χ1n) is 6.15. The van der Waals surface area contributed by atoms with Crippen LogP contribution in [-0.2, 0) is 0 Å². The Morgan fingerprint density at radius 3 is 2.78 bits per heavy atom. The second kappa shape index (κ2) is 6.50. The summed E-state index contributed by atoms with van der Waals surface area (Å²) in [5.41, 5.74) is 1.01. The van der Waals surface area contributed by atoms with Gasteiger partial charge in [0.25, 0.3) is 0 Å². The number of benzene rings is 1. The fourth-order valence-electron chi connectivity index (χ4n) is 2.07. The van der Waals surface area contributed by atoms with Gasteiger partial charge in [0.2, 0.25) is 0 Å². The number of hydrogen-bond donors (Lipinski definition) is 2. The third-order valence-corrected chi connectivity index (χ3v) is 3.85. The zero-order valence-electron chi connectivity index (χ0n) is 10.4. The normalized spacial score (nSPS) is 17.4. The quantitative estimate of drug-likeness (QED) is 0.817. The molecule has 2 rings (SSSR count). The van der Waals surface area contributed by atoms with Gasteiger partial charge in [-0.2, -0.15) is 0 Å². The molecule has 2 N–H and O–H groups in total. The highest BCUT2D eigenvalue weighted by Gasteiger charge is 2.16. The van der Waals surface area contributed by atoms with Crippen molar-refractivity contribution in [1.29, 1.82) is 0 Å². The Hall–Kier alpha value is -0.650. The van der Waals surface area contributed by atoms with Gasteiger partial charge in [-0.15, -0.1) is 0 Å². The summed E-state index contributed by atoms with van der Waals surface area (Å²) < 4.78 is 1.05. The van der Waals surface area contributed by atoms with Crippen LogP contribution < -0.4 is 10.6 Å². The van der Waals surface area contributed by atoms with Crippen molar-refractivity contribution in [2.24, 2.45) is 0 Å². The number of nitrogens with zero attached hydrogens (tertiary/aromatic N) is 1. The van der Waals surface area contributed by atoms with Crippen LogP contribution >= 0.6 is 28.1 Å². The van der Waals surface area contributed by atoms with E-state index in [-0.39, 0.29) is 0 Å². The number of nitrogens with one attached hydrogen (secondary N) is 2. The number of rotatable bonds is 2. The Kier molecular flexibility index (Phi) is 4.97. The largest absolute Gasteiger partial charge is 0.360 e. The highest BCUT2D eigenvalue weighted by atomic mass is 79.9. The minimum Gasteiger partial charge on any atom is -0.360 e. The second-order valence-corrected chi connectivity index (χ2v) is 6.01. The molecular weight excluding hydrogens is 310 g/mol. The lowest BCUT2D eigenvalue weighted by Crippen LogP contribution is -2.44. The van der Waals surface area contributed by atoms with E-state index < -0.39 is 0 Å². The molecule has 1 heterocycles. The molecule has 3 nitrogen and oxygen atoms in total. The molecule has 1 saturated heterocycles. The highest BCUT2D eigenvalue weighted by molar-refractivity contribution is 9.10. The van der Waals surface area contributed by atoms with E-state index >= 15 is 0 Å². The molecule has 0 radical (unpaired) electrons. The van der Waals surface area contributed by atoms with Crippen molar-refractivity contribution in [3.8, 4) is 0 Å². The van der Waals surface area contributed by atoms with Gasteiger partial charge in [-0.05, 0) is 63.4 Å². The lowest BCUT2D eigenvalue weighted by atomic mass is 10.1. The van der Waals surface area contributed by atoms with Crippen molar-refractivity contribution in [2.75, 3.05) is 25.5 Å². The number of halogens is 1. The van der Waals surface area contributed by atoms with E-state index in [1.165, 1.54) is 0 Å². The number of anilines is 1. The molecular formula is C13H18BrN3S. The molecule has 18 heavy (non-hydrogen) atoms. The van der Waals surface area contributed by atoms with Crippen LogP contribution in [0.3, 0.4) is 0 Å². The van der Waals surface area contributed by atoms with Gasteiger partial charge in [0, 0.05) is 16.2 Å². The van der Waals surface area contributed by atoms with Crippen LogP contribution in [0.15, 0.2) is 28.7 Å². The predicted molar refractivity (Wildman–Crippen MR) is 84.0 cm³/mol. The van der Waals surface area contributed by atoms with Gasteiger partial charge in [-0.3, -0.25) is 0 Å². The number of piperidine rings is 1. The van der Waals surface area contributed by atoms with Gasteiger partial charge >= 0.3 is 0 Å². The maximum atomic E-state index is 5.34. The fourth-order valence-corrected chi connectivity index (χ4v) is 2.76. The summed E-state index contributed by atoms with van der Waals surface area (Å²) in [7, 11) is 2.16. The lowest BCUT2D eigenvalue weighted by molar-refractivity contribution is 0.247. The van der Waals surface area contributed by atoms with Crippen molar-refractivity contribution in [3.05, 3.63) is 28.7 Å². The van der Waals surface area contributed by atoms with Gasteiger partial charge in [-0.1, -0.05) is 22.0 Å². The molecule has 5 heteroatoms. The van der Waals surface area contributed by atoms with E-state index in [2.05, 4.69) is 38.5 Å². The molecule has 0 aliphatic carbocycles. The third-order valence-electron chi connectivity index (χ3n) is 3.14. The minimum atomic E-state index is 0.494. The molecule has 98 valence electrons. The first-order valence-corrected chi connectivity index (χ1v) is 7.35. The lowest BCUT2D eigenvalue weighted by Gasteiger charge is -2.30. The molecule has 1 aliphatic heterocycles. The predicted octanol–water partition coefficient (Wildman–Crippen LogP) is 2.83. The fraction of sp³-hybridized carbons (Fsp3) is 0.462. The average Bonchev–Trinajstić information content (AvgIpc) is 2.32. The topological polar surface area (TPSA) is 27.3 Å². The van der Waals surface area contributed by atoms with Crippen LogP contribution in [-0.4, -0.2) is 36.2 Å². The summed E-state index contributed by atoms with van der Waals surface area (Å²) in [6.07, 6.45) is 2.30.